The molecule has 1 saturated heterocycles. The molecular formula is C19H20N2O2S. The van der Waals surface area contributed by atoms with Crippen molar-refractivity contribution in [2.75, 3.05) is 13.2 Å². The molecule has 2 aromatic heterocycles. The van der Waals surface area contributed by atoms with Crippen LogP contribution in [0.3, 0.4) is 0 Å². The first-order chi connectivity index (χ1) is 11.7. The minimum absolute atomic E-state index is 0.233. The van der Waals surface area contributed by atoms with Gasteiger partial charge in [0.1, 0.15) is 12.4 Å². The quantitative estimate of drug-likeness (QED) is 0.700. The van der Waals surface area contributed by atoms with Crippen molar-refractivity contribution in [1.82, 2.24) is 9.97 Å². The third-order valence-electron chi connectivity index (χ3n) is 4.43. The Morgan fingerprint density at radius 1 is 1.29 bits per heavy atom. The molecule has 1 unspecified atom stereocenters. The average molecular weight is 340 g/mol. The van der Waals surface area contributed by atoms with Crippen molar-refractivity contribution < 1.29 is 9.47 Å². The molecule has 4 rings (SSSR count). The smallest absolute Gasteiger partial charge is 0.120 e. The van der Waals surface area contributed by atoms with Gasteiger partial charge in [-0.15, -0.1) is 11.3 Å². The van der Waals surface area contributed by atoms with Gasteiger partial charge in [-0.2, -0.15) is 0 Å². The first kappa shape index (κ1) is 15.5. The zero-order valence-corrected chi connectivity index (χ0v) is 14.7. The molecule has 1 aromatic carbocycles. The second-order valence-electron chi connectivity index (χ2n) is 6.22. The van der Waals surface area contributed by atoms with E-state index in [9.17, 15) is 0 Å². The molecular weight excluding hydrogens is 320 g/mol. The topological polar surface area (TPSA) is 44.2 Å². The number of nitrogens with zero attached hydrogens (tertiary/aromatic N) is 2. The molecule has 0 aliphatic carbocycles. The van der Waals surface area contributed by atoms with Gasteiger partial charge in [0.15, 0.2) is 0 Å². The van der Waals surface area contributed by atoms with Crippen LogP contribution in [0.5, 0.6) is 5.75 Å². The van der Waals surface area contributed by atoms with Gasteiger partial charge in [-0.05, 0) is 56.5 Å². The van der Waals surface area contributed by atoms with Crippen molar-refractivity contribution in [3.8, 4) is 16.3 Å². The van der Waals surface area contributed by atoms with Crippen molar-refractivity contribution in [3.05, 3.63) is 41.0 Å². The lowest BCUT2D eigenvalue weighted by molar-refractivity contribution is 0.0680. The first-order valence-electron chi connectivity index (χ1n) is 8.27. The third-order valence-corrected chi connectivity index (χ3v) is 5.38. The van der Waals surface area contributed by atoms with Gasteiger partial charge in [-0.25, -0.2) is 9.97 Å². The van der Waals surface area contributed by atoms with E-state index in [4.69, 9.17) is 14.5 Å². The summed E-state index contributed by atoms with van der Waals surface area (Å²) in [7, 11) is 0. The number of aromatic nitrogens is 2. The van der Waals surface area contributed by atoms with E-state index in [1.165, 1.54) is 5.56 Å². The Hall–Kier alpha value is -1.98. The predicted molar refractivity (Wildman–Crippen MR) is 96.8 cm³/mol. The number of aryl methyl sites for hydroxylation is 2. The van der Waals surface area contributed by atoms with E-state index >= 15 is 0 Å². The number of hydrogen-bond acceptors (Lipinski definition) is 5. The maximum atomic E-state index is 5.91. The second kappa shape index (κ2) is 6.49. The highest BCUT2D eigenvalue weighted by molar-refractivity contribution is 7.13. The molecule has 0 saturated carbocycles. The lowest BCUT2D eigenvalue weighted by atomic mass is 10.1. The molecule has 3 heterocycles. The molecule has 1 aliphatic heterocycles. The number of rotatable bonds is 4. The third kappa shape index (κ3) is 3.01. The molecule has 0 radical (unpaired) electrons. The number of hydrogen-bond donors (Lipinski definition) is 0. The minimum atomic E-state index is 0.233. The molecule has 3 aromatic rings. The van der Waals surface area contributed by atoms with Crippen LogP contribution in [0.15, 0.2) is 29.8 Å². The van der Waals surface area contributed by atoms with Crippen LogP contribution < -0.4 is 4.74 Å². The molecule has 24 heavy (non-hydrogen) atoms. The van der Waals surface area contributed by atoms with E-state index in [1.807, 2.05) is 24.6 Å². The van der Waals surface area contributed by atoms with Crippen LogP contribution in [0.25, 0.3) is 21.5 Å². The Balaban J connectivity index is 1.62. The van der Waals surface area contributed by atoms with Crippen LogP contribution in [0.2, 0.25) is 0 Å². The van der Waals surface area contributed by atoms with E-state index < -0.39 is 0 Å². The number of fused-ring (bicyclic) bond motifs is 1. The van der Waals surface area contributed by atoms with E-state index in [1.54, 1.807) is 11.3 Å². The van der Waals surface area contributed by atoms with Gasteiger partial charge in [0.25, 0.3) is 0 Å². The SMILES string of the molecule is Cc1ncsc1-c1cc(C)c2cc(OCC3CCCO3)ccc2n1. The number of pyridine rings is 1. The van der Waals surface area contributed by atoms with Crippen molar-refractivity contribution in [3.63, 3.8) is 0 Å². The summed E-state index contributed by atoms with van der Waals surface area (Å²) in [5.74, 6) is 0.879. The summed E-state index contributed by atoms with van der Waals surface area (Å²) in [6, 6.07) is 8.24. The Morgan fingerprint density at radius 2 is 2.21 bits per heavy atom. The molecule has 1 fully saturated rings. The Bertz CT molecular complexity index is 869. The van der Waals surface area contributed by atoms with Crippen molar-refractivity contribution in [1.29, 1.82) is 0 Å². The van der Waals surface area contributed by atoms with Crippen LogP contribution in [0.1, 0.15) is 24.1 Å². The fraction of sp³-hybridized carbons (Fsp3) is 0.368. The summed E-state index contributed by atoms with van der Waals surface area (Å²) in [5, 5.41) is 1.13. The number of thiazole rings is 1. The molecule has 0 N–H and O–H groups in total. The number of benzene rings is 1. The fourth-order valence-corrected chi connectivity index (χ4v) is 3.86. The van der Waals surface area contributed by atoms with Crippen LogP contribution in [0.4, 0.5) is 0 Å². The summed E-state index contributed by atoms with van der Waals surface area (Å²) >= 11 is 1.63. The van der Waals surface area contributed by atoms with Gasteiger partial charge in [0.05, 0.1) is 33.4 Å². The zero-order chi connectivity index (χ0) is 16.5. The summed E-state index contributed by atoms with van der Waals surface area (Å²) in [4.78, 5) is 10.3. The highest BCUT2D eigenvalue weighted by atomic mass is 32.1. The monoisotopic (exact) mass is 340 g/mol. The largest absolute Gasteiger partial charge is 0.491 e. The van der Waals surface area contributed by atoms with Crippen LogP contribution in [-0.2, 0) is 4.74 Å². The van der Waals surface area contributed by atoms with Crippen LogP contribution in [-0.4, -0.2) is 29.3 Å². The Kier molecular flexibility index (Phi) is 4.21. The lowest BCUT2D eigenvalue weighted by Gasteiger charge is -2.13. The van der Waals surface area contributed by atoms with Crippen LogP contribution in [0, 0.1) is 13.8 Å². The van der Waals surface area contributed by atoms with E-state index in [0.29, 0.717) is 6.61 Å². The number of ether oxygens (including phenoxy) is 2. The standard InChI is InChI=1S/C19H20N2O2S/c1-12-8-18(19-13(2)20-11-24-19)21-17-6-5-14(9-16(12)17)23-10-15-4-3-7-22-15/h5-6,8-9,11,15H,3-4,7,10H2,1-2H3. The molecule has 0 spiro atoms. The van der Waals surface area contributed by atoms with Crippen molar-refractivity contribution >= 4 is 22.2 Å². The molecule has 0 bridgehead atoms. The van der Waals surface area contributed by atoms with Gasteiger partial charge < -0.3 is 9.47 Å². The normalized spacial score (nSPS) is 17.5. The highest BCUT2D eigenvalue weighted by Gasteiger charge is 2.16. The Labute approximate surface area is 145 Å². The lowest BCUT2D eigenvalue weighted by Crippen LogP contribution is -2.16. The highest BCUT2D eigenvalue weighted by Crippen LogP contribution is 2.30. The first-order valence-corrected chi connectivity index (χ1v) is 9.15. The minimum Gasteiger partial charge on any atom is -0.491 e. The molecule has 4 nitrogen and oxygen atoms in total. The second-order valence-corrected chi connectivity index (χ2v) is 7.07. The summed E-state index contributed by atoms with van der Waals surface area (Å²) in [6.07, 6.45) is 2.46. The summed E-state index contributed by atoms with van der Waals surface area (Å²) in [6.45, 7) is 5.62. The van der Waals surface area contributed by atoms with Gasteiger partial charge >= 0.3 is 0 Å². The molecule has 5 heteroatoms. The van der Waals surface area contributed by atoms with Crippen molar-refractivity contribution in [2.45, 2.75) is 32.8 Å². The molecule has 124 valence electrons. The van der Waals surface area contributed by atoms with Gasteiger partial charge in [-0.3, -0.25) is 0 Å². The Morgan fingerprint density at radius 3 is 2.96 bits per heavy atom. The fourth-order valence-electron chi connectivity index (χ4n) is 3.09. The van der Waals surface area contributed by atoms with Crippen LogP contribution >= 0.6 is 11.3 Å². The predicted octanol–water partition coefficient (Wildman–Crippen LogP) is 4.53. The van der Waals surface area contributed by atoms with E-state index in [-0.39, 0.29) is 6.10 Å². The summed E-state index contributed by atoms with van der Waals surface area (Å²) in [5.41, 5.74) is 6.08. The molecule has 1 atom stereocenters. The van der Waals surface area contributed by atoms with Gasteiger partial charge in [-0.1, -0.05) is 0 Å². The molecule has 0 amide bonds. The van der Waals surface area contributed by atoms with Gasteiger partial charge in [0, 0.05) is 12.0 Å². The molecule has 1 aliphatic rings. The van der Waals surface area contributed by atoms with E-state index in [0.717, 1.165) is 52.4 Å². The van der Waals surface area contributed by atoms with Crippen molar-refractivity contribution in [2.24, 2.45) is 0 Å². The maximum Gasteiger partial charge on any atom is 0.120 e. The van der Waals surface area contributed by atoms with E-state index in [2.05, 4.69) is 24.0 Å². The van der Waals surface area contributed by atoms with Gasteiger partial charge in [0.2, 0.25) is 0 Å². The summed E-state index contributed by atoms with van der Waals surface area (Å²) < 4.78 is 11.5. The zero-order valence-electron chi connectivity index (χ0n) is 13.9. The average Bonchev–Trinajstić information content (AvgIpc) is 3.24. The maximum absolute atomic E-state index is 5.91.